The van der Waals surface area contributed by atoms with Crippen molar-refractivity contribution in [3.63, 3.8) is 0 Å². The van der Waals surface area contributed by atoms with Gasteiger partial charge in [0.1, 0.15) is 0 Å². The maximum atomic E-state index is 11.5. The highest BCUT2D eigenvalue weighted by Gasteiger charge is 2.08. The number of amides is 2. The number of hydrogen-bond acceptors (Lipinski definition) is 2. The van der Waals surface area contributed by atoms with Gasteiger partial charge in [-0.1, -0.05) is 36.7 Å². The second-order valence-electron chi connectivity index (χ2n) is 3.71. The Kier molecular flexibility index (Phi) is 5.80. The Morgan fingerprint density at radius 1 is 1.47 bits per heavy atom. The van der Waals surface area contributed by atoms with E-state index in [1.54, 1.807) is 6.07 Å². The molecule has 17 heavy (non-hydrogen) atoms. The van der Waals surface area contributed by atoms with Crippen LogP contribution in [-0.4, -0.2) is 23.8 Å². The normalized spacial score (nSPS) is 11.9. The Balaban J connectivity index is 2.41. The Morgan fingerprint density at radius 2 is 2.18 bits per heavy atom. The quantitative estimate of drug-likeness (QED) is 0.754. The number of urea groups is 1. The molecule has 0 heterocycles. The summed E-state index contributed by atoms with van der Waals surface area (Å²) in [6.07, 6.45) is 0.690. The molecule has 0 aliphatic carbocycles. The first-order valence-electron chi connectivity index (χ1n) is 5.56. The highest BCUT2D eigenvalue weighted by Crippen LogP contribution is 2.14. The van der Waals surface area contributed by atoms with Crippen LogP contribution >= 0.6 is 11.6 Å². The molecular formula is C12H17ClN2O2. The van der Waals surface area contributed by atoms with Crippen molar-refractivity contribution in [1.29, 1.82) is 0 Å². The molecule has 0 aliphatic heterocycles. The number of carbonyl (C=O) groups is 1. The number of aliphatic hydroxyl groups excluding tert-OH is 1. The van der Waals surface area contributed by atoms with Crippen molar-refractivity contribution in [2.24, 2.45) is 0 Å². The molecule has 0 aliphatic rings. The second-order valence-corrected chi connectivity index (χ2v) is 4.11. The van der Waals surface area contributed by atoms with Crippen LogP contribution in [0.15, 0.2) is 24.3 Å². The molecule has 2 amide bonds. The minimum absolute atomic E-state index is 0.0595. The van der Waals surface area contributed by atoms with Crippen molar-refractivity contribution < 1.29 is 9.90 Å². The van der Waals surface area contributed by atoms with Gasteiger partial charge in [-0.15, -0.1) is 0 Å². The molecule has 0 bridgehead atoms. The minimum atomic E-state index is -0.300. The van der Waals surface area contributed by atoms with Crippen molar-refractivity contribution in [3.8, 4) is 0 Å². The van der Waals surface area contributed by atoms with Crippen LogP contribution in [0.5, 0.6) is 0 Å². The van der Waals surface area contributed by atoms with Crippen molar-refractivity contribution in [2.45, 2.75) is 25.9 Å². The predicted octanol–water partition coefficient (Wildman–Crippen LogP) is 1.91. The molecule has 0 radical (unpaired) electrons. The van der Waals surface area contributed by atoms with Crippen LogP contribution in [0.1, 0.15) is 18.9 Å². The zero-order valence-corrected chi connectivity index (χ0v) is 10.5. The summed E-state index contributed by atoms with van der Waals surface area (Å²) in [5, 5.41) is 14.9. The molecule has 94 valence electrons. The number of nitrogens with one attached hydrogen (secondary N) is 2. The van der Waals surface area contributed by atoms with E-state index < -0.39 is 0 Å². The third kappa shape index (κ3) is 4.63. The van der Waals surface area contributed by atoms with Crippen molar-refractivity contribution in [2.75, 3.05) is 6.61 Å². The molecule has 1 unspecified atom stereocenters. The number of halogens is 1. The molecule has 1 atom stereocenters. The summed E-state index contributed by atoms with van der Waals surface area (Å²) in [7, 11) is 0. The molecule has 0 aromatic heterocycles. The average molecular weight is 257 g/mol. The van der Waals surface area contributed by atoms with Gasteiger partial charge < -0.3 is 15.7 Å². The lowest BCUT2D eigenvalue weighted by Gasteiger charge is -2.14. The molecule has 1 aromatic carbocycles. The van der Waals surface area contributed by atoms with E-state index in [2.05, 4.69) is 10.6 Å². The Bertz CT molecular complexity index is 367. The van der Waals surface area contributed by atoms with Gasteiger partial charge in [-0.05, 0) is 18.1 Å². The fourth-order valence-electron chi connectivity index (χ4n) is 1.33. The molecule has 3 N–H and O–H groups in total. The van der Waals surface area contributed by atoms with Crippen LogP contribution in [0, 0.1) is 0 Å². The average Bonchev–Trinajstić information content (AvgIpc) is 2.35. The lowest BCUT2D eigenvalue weighted by atomic mass is 10.2. The van der Waals surface area contributed by atoms with Gasteiger partial charge in [0.25, 0.3) is 0 Å². The highest BCUT2D eigenvalue weighted by molar-refractivity contribution is 6.31. The standard InChI is InChI=1S/C12H17ClN2O2/c1-2-10(8-16)15-12(17)14-7-9-5-3-4-6-11(9)13/h3-6,10,16H,2,7-8H2,1H3,(H2,14,15,17). The highest BCUT2D eigenvalue weighted by atomic mass is 35.5. The van der Waals surface area contributed by atoms with E-state index in [1.165, 1.54) is 0 Å². The van der Waals surface area contributed by atoms with Gasteiger partial charge in [0, 0.05) is 11.6 Å². The lowest BCUT2D eigenvalue weighted by molar-refractivity contribution is 0.214. The van der Waals surface area contributed by atoms with Gasteiger partial charge in [0.05, 0.1) is 12.6 Å². The van der Waals surface area contributed by atoms with Crippen LogP contribution in [-0.2, 0) is 6.54 Å². The van der Waals surface area contributed by atoms with Crippen LogP contribution in [0.3, 0.4) is 0 Å². The van der Waals surface area contributed by atoms with Gasteiger partial charge in [0.15, 0.2) is 0 Å². The fourth-order valence-corrected chi connectivity index (χ4v) is 1.53. The third-order valence-corrected chi connectivity index (χ3v) is 2.81. The summed E-state index contributed by atoms with van der Waals surface area (Å²) in [5.74, 6) is 0. The zero-order chi connectivity index (χ0) is 12.7. The van der Waals surface area contributed by atoms with Gasteiger partial charge in [-0.3, -0.25) is 0 Å². The maximum absolute atomic E-state index is 11.5. The number of benzene rings is 1. The Hall–Kier alpha value is -1.26. The summed E-state index contributed by atoms with van der Waals surface area (Å²) >= 11 is 5.96. The van der Waals surface area contributed by atoms with Gasteiger partial charge in [0.2, 0.25) is 0 Å². The van der Waals surface area contributed by atoms with Gasteiger partial charge in [-0.2, -0.15) is 0 Å². The molecule has 1 aromatic rings. The van der Waals surface area contributed by atoms with E-state index in [0.29, 0.717) is 18.0 Å². The third-order valence-electron chi connectivity index (χ3n) is 2.45. The van der Waals surface area contributed by atoms with Crippen LogP contribution in [0.25, 0.3) is 0 Å². The molecule has 1 rings (SSSR count). The van der Waals surface area contributed by atoms with E-state index in [0.717, 1.165) is 5.56 Å². The second kappa shape index (κ2) is 7.14. The Labute approximate surface area is 106 Å². The first-order chi connectivity index (χ1) is 8.17. The number of aliphatic hydroxyl groups is 1. The van der Waals surface area contributed by atoms with Gasteiger partial charge in [-0.25, -0.2) is 4.79 Å². The number of hydrogen-bond donors (Lipinski definition) is 3. The molecule has 0 saturated heterocycles. The van der Waals surface area contributed by atoms with E-state index in [4.69, 9.17) is 16.7 Å². The molecule has 0 saturated carbocycles. The summed E-state index contributed by atoms with van der Waals surface area (Å²) in [6, 6.07) is 6.83. The van der Waals surface area contributed by atoms with Crippen molar-refractivity contribution in [3.05, 3.63) is 34.9 Å². The Morgan fingerprint density at radius 3 is 2.76 bits per heavy atom. The smallest absolute Gasteiger partial charge is 0.315 e. The summed E-state index contributed by atoms with van der Waals surface area (Å²) in [6.45, 7) is 2.21. The first kappa shape index (κ1) is 13.8. The first-order valence-corrected chi connectivity index (χ1v) is 5.93. The lowest BCUT2D eigenvalue weighted by Crippen LogP contribution is -2.43. The van der Waals surface area contributed by atoms with E-state index >= 15 is 0 Å². The SMILES string of the molecule is CCC(CO)NC(=O)NCc1ccccc1Cl. The molecule has 0 spiro atoms. The van der Waals surface area contributed by atoms with Crippen molar-refractivity contribution in [1.82, 2.24) is 10.6 Å². The maximum Gasteiger partial charge on any atom is 0.315 e. The molecule has 0 fully saturated rings. The summed E-state index contributed by atoms with van der Waals surface area (Å²) in [5.41, 5.74) is 0.862. The number of rotatable bonds is 5. The predicted molar refractivity (Wildman–Crippen MR) is 68.0 cm³/mol. The molecule has 4 nitrogen and oxygen atoms in total. The van der Waals surface area contributed by atoms with E-state index in [1.807, 2.05) is 25.1 Å². The summed E-state index contributed by atoms with van der Waals surface area (Å²) in [4.78, 5) is 11.5. The summed E-state index contributed by atoms with van der Waals surface area (Å²) < 4.78 is 0. The fraction of sp³-hybridized carbons (Fsp3) is 0.417. The monoisotopic (exact) mass is 256 g/mol. The molecule has 5 heteroatoms. The van der Waals surface area contributed by atoms with E-state index in [9.17, 15) is 4.79 Å². The number of carbonyl (C=O) groups excluding carboxylic acids is 1. The largest absolute Gasteiger partial charge is 0.394 e. The molecular weight excluding hydrogens is 240 g/mol. The van der Waals surface area contributed by atoms with Crippen LogP contribution in [0.4, 0.5) is 4.79 Å². The zero-order valence-electron chi connectivity index (χ0n) is 9.74. The minimum Gasteiger partial charge on any atom is -0.394 e. The van der Waals surface area contributed by atoms with Crippen molar-refractivity contribution >= 4 is 17.6 Å². The van der Waals surface area contributed by atoms with Gasteiger partial charge >= 0.3 is 6.03 Å². The topological polar surface area (TPSA) is 61.4 Å². The van der Waals surface area contributed by atoms with E-state index in [-0.39, 0.29) is 18.7 Å². The van der Waals surface area contributed by atoms with Crippen LogP contribution in [0.2, 0.25) is 5.02 Å². The van der Waals surface area contributed by atoms with Crippen LogP contribution < -0.4 is 10.6 Å².